The Bertz CT molecular complexity index is 1130. The molecule has 192 valence electrons. The van der Waals surface area contributed by atoms with Crippen molar-refractivity contribution in [2.75, 3.05) is 18.0 Å². The van der Waals surface area contributed by atoms with E-state index < -0.39 is 35.6 Å². The molecule has 0 spiro atoms. The minimum Gasteiger partial charge on any atom is -0.444 e. The van der Waals surface area contributed by atoms with Crippen molar-refractivity contribution in [3.63, 3.8) is 0 Å². The van der Waals surface area contributed by atoms with Gasteiger partial charge in [0.05, 0.1) is 13.1 Å². The molecular formula is C23H30N8O5. The summed E-state index contributed by atoms with van der Waals surface area (Å²) in [5, 5.41) is 18.8. The molecule has 2 unspecified atom stereocenters. The number of hydrogen-bond acceptors (Lipinski definition) is 8. The van der Waals surface area contributed by atoms with Gasteiger partial charge in [0.15, 0.2) is 5.82 Å². The van der Waals surface area contributed by atoms with Crippen LogP contribution in [0.5, 0.6) is 0 Å². The number of hydrogen-bond donors (Lipinski definition) is 3. The zero-order valence-electron chi connectivity index (χ0n) is 20.5. The number of ether oxygens (including phenoxy) is 1. The summed E-state index contributed by atoms with van der Waals surface area (Å²) in [6.07, 6.45) is 0.918. The van der Waals surface area contributed by atoms with Crippen LogP contribution in [0.25, 0.3) is 0 Å². The van der Waals surface area contributed by atoms with E-state index in [0.717, 1.165) is 5.56 Å². The van der Waals surface area contributed by atoms with Crippen molar-refractivity contribution in [1.29, 1.82) is 0 Å². The van der Waals surface area contributed by atoms with Crippen LogP contribution < -0.4 is 15.5 Å². The van der Waals surface area contributed by atoms with Gasteiger partial charge in [0.25, 0.3) is 0 Å². The molecule has 0 aliphatic carbocycles. The predicted octanol–water partition coefficient (Wildman–Crippen LogP) is 0.290. The summed E-state index contributed by atoms with van der Waals surface area (Å²) < 4.78 is 5.41. The number of rotatable bonds is 6. The number of benzene rings is 1. The first kappa shape index (κ1) is 25.1. The molecule has 4 rings (SSSR count). The number of amides is 4. The van der Waals surface area contributed by atoms with Gasteiger partial charge in [-0.1, -0.05) is 23.4 Å². The number of anilines is 1. The second-order valence-corrected chi connectivity index (χ2v) is 9.71. The number of fused-ring (bicyclic) bond motifs is 1. The van der Waals surface area contributed by atoms with Crippen molar-refractivity contribution in [3.05, 3.63) is 35.7 Å². The third-order valence-electron chi connectivity index (χ3n) is 5.95. The number of aromatic nitrogens is 4. The van der Waals surface area contributed by atoms with Crippen molar-refractivity contribution in [2.45, 2.75) is 64.3 Å². The van der Waals surface area contributed by atoms with Crippen LogP contribution in [-0.4, -0.2) is 80.1 Å². The van der Waals surface area contributed by atoms with E-state index in [1.165, 1.54) is 9.80 Å². The first-order valence-electron chi connectivity index (χ1n) is 11.8. The molecule has 3 heterocycles. The van der Waals surface area contributed by atoms with Crippen LogP contribution in [0, 0.1) is 0 Å². The lowest BCUT2D eigenvalue weighted by molar-refractivity contribution is -0.129. The van der Waals surface area contributed by atoms with E-state index in [1.54, 1.807) is 32.9 Å². The Hall–Kier alpha value is -4.03. The first-order chi connectivity index (χ1) is 17.1. The Labute approximate surface area is 207 Å². The Balaban J connectivity index is 1.40. The maximum absolute atomic E-state index is 13.3. The van der Waals surface area contributed by atoms with Gasteiger partial charge in [-0.05, 0) is 45.2 Å². The van der Waals surface area contributed by atoms with Gasteiger partial charge in [0, 0.05) is 18.7 Å². The molecule has 1 aromatic heterocycles. The van der Waals surface area contributed by atoms with Crippen molar-refractivity contribution >= 4 is 29.5 Å². The van der Waals surface area contributed by atoms with Gasteiger partial charge in [-0.2, -0.15) is 5.21 Å². The summed E-state index contributed by atoms with van der Waals surface area (Å²) in [6, 6.07) is 5.75. The molecule has 1 aromatic carbocycles. The molecule has 4 amide bonds. The lowest BCUT2D eigenvalue weighted by atomic mass is 10.1. The van der Waals surface area contributed by atoms with E-state index in [0.29, 0.717) is 37.3 Å². The second-order valence-electron chi connectivity index (χ2n) is 9.71. The van der Waals surface area contributed by atoms with Crippen LogP contribution in [-0.2, 0) is 32.1 Å². The molecule has 2 atom stereocenters. The lowest BCUT2D eigenvalue weighted by Gasteiger charge is -2.28. The molecular weight excluding hydrogens is 468 g/mol. The average Bonchev–Trinajstić information content (AvgIpc) is 3.58. The lowest BCUT2D eigenvalue weighted by Crippen LogP contribution is -2.53. The van der Waals surface area contributed by atoms with E-state index in [1.807, 2.05) is 12.1 Å². The summed E-state index contributed by atoms with van der Waals surface area (Å²) in [5.41, 5.74) is 0.788. The smallest absolute Gasteiger partial charge is 0.410 e. The molecule has 1 saturated heterocycles. The Kier molecular flexibility index (Phi) is 7.17. The number of carbonyl (C=O) groups is 4. The highest BCUT2D eigenvalue weighted by molar-refractivity contribution is 6.05. The van der Waals surface area contributed by atoms with Crippen LogP contribution >= 0.6 is 0 Å². The molecule has 0 saturated carbocycles. The van der Waals surface area contributed by atoms with Crippen LogP contribution in [0.3, 0.4) is 0 Å². The number of para-hydroxylation sites is 1. The number of carbonyl (C=O) groups excluding carboxylic acids is 4. The van der Waals surface area contributed by atoms with Gasteiger partial charge in [0.1, 0.15) is 17.7 Å². The fraction of sp³-hybridized carbons (Fsp3) is 0.522. The van der Waals surface area contributed by atoms with Gasteiger partial charge in [-0.25, -0.2) is 4.79 Å². The normalized spacial score (nSPS) is 19.1. The fourth-order valence-electron chi connectivity index (χ4n) is 4.39. The van der Waals surface area contributed by atoms with Crippen LogP contribution in [0.1, 0.15) is 45.0 Å². The number of tetrazole rings is 1. The highest BCUT2D eigenvalue weighted by Crippen LogP contribution is 2.32. The minimum absolute atomic E-state index is 0.0587. The van der Waals surface area contributed by atoms with Crippen LogP contribution in [0.15, 0.2) is 24.3 Å². The van der Waals surface area contributed by atoms with E-state index >= 15 is 0 Å². The second kappa shape index (κ2) is 10.3. The molecule has 2 aliphatic rings. The quantitative estimate of drug-likeness (QED) is 0.512. The molecule has 1 fully saturated rings. The molecule has 36 heavy (non-hydrogen) atoms. The maximum Gasteiger partial charge on any atom is 0.410 e. The third-order valence-corrected chi connectivity index (χ3v) is 5.95. The highest BCUT2D eigenvalue weighted by atomic mass is 16.6. The van der Waals surface area contributed by atoms with Crippen molar-refractivity contribution in [2.24, 2.45) is 0 Å². The van der Waals surface area contributed by atoms with E-state index in [9.17, 15) is 19.2 Å². The SMILES string of the molecule is CC(C)(C)OC(=O)N1CCCC1C(=O)NCC(=O)N1c2ccccc2CC1C(=O)NCc1nn[nH]n1. The molecule has 13 nitrogen and oxygen atoms in total. The summed E-state index contributed by atoms with van der Waals surface area (Å²) in [7, 11) is 0. The predicted molar refractivity (Wildman–Crippen MR) is 126 cm³/mol. The van der Waals surface area contributed by atoms with E-state index in [4.69, 9.17) is 4.74 Å². The highest BCUT2D eigenvalue weighted by Gasteiger charge is 2.40. The Morgan fingerprint density at radius 3 is 2.58 bits per heavy atom. The summed E-state index contributed by atoms with van der Waals surface area (Å²) in [4.78, 5) is 54.4. The average molecular weight is 499 g/mol. The first-order valence-corrected chi connectivity index (χ1v) is 11.8. The molecule has 13 heteroatoms. The van der Waals surface area contributed by atoms with Crippen LogP contribution in [0.4, 0.5) is 10.5 Å². The van der Waals surface area contributed by atoms with Crippen LogP contribution in [0.2, 0.25) is 0 Å². The number of H-pyrrole nitrogens is 1. The van der Waals surface area contributed by atoms with Gasteiger partial charge in [-0.3, -0.25) is 24.2 Å². The standard InChI is InChI=1S/C23H30N8O5/c1-23(2,3)36-22(35)30-10-6-9-16(30)20(33)25-13-19(32)31-15-8-5-4-7-14(15)11-17(31)21(34)24-12-18-26-28-29-27-18/h4-5,7-8,16-17H,6,9-13H2,1-3H3,(H,24,34)(H,25,33)(H,26,27,28,29). The minimum atomic E-state index is -0.788. The zero-order chi connectivity index (χ0) is 25.9. The fourth-order valence-corrected chi connectivity index (χ4v) is 4.39. The van der Waals surface area contributed by atoms with E-state index in [2.05, 4.69) is 31.3 Å². The summed E-state index contributed by atoms with van der Waals surface area (Å²) in [6.45, 7) is 5.43. The van der Waals surface area contributed by atoms with Crippen molar-refractivity contribution in [1.82, 2.24) is 36.2 Å². The van der Waals surface area contributed by atoms with Gasteiger partial charge < -0.3 is 15.4 Å². The van der Waals surface area contributed by atoms with Gasteiger partial charge in [-0.15, -0.1) is 10.2 Å². The number of nitrogens with one attached hydrogen (secondary N) is 3. The van der Waals surface area contributed by atoms with E-state index in [-0.39, 0.29) is 19.0 Å². The van der Waals surface area contributed by atoms with Gasteiger partial charge >= 0.3 is 6.09 Å². The number of aromatic amines is 1. The Morgan fingerprint density at radius 1 is 1.11 bits per heavy atom. The maximum atomic E-state index is 13.3. The molecule has 0 radical (unpaired) electrons. The zero-order valence-corrected chi connectivity index (χ0v) is 20.5. The molecule has 3 N–H and O–H groups in total. The van der Waals surface area contributed by atoms with Crippen molar-refractivity contribution < 1.29 is 23.9 Å². The summed E-state index contributed by atoms with van der Waals surface area (Å²) in [5.74, 6) is -0.926. The Morgan fingerprint density at radius 2 is 1.86 bits per heavy atom. The monoisotopic (exact) mass is 498 g/mol. The van der Waals surface area contributed by atoms with Gasteiger partial charge in [0.2, 0.25) is 17.7 Å². The summed E-state index contributed by atoms with van der Waals surface area (Å²) >= 11 is 0. The molecule has 0 bridgehead atoms. The number of likely N-dealkylation sites (tertiary alicyclic amines) is 1. The largest absolute Gasteiger partial charge is 0.444 e. The topological polar surface area (TPSA) is 163 Å². The van der Waals surface area contributed by atoms with Crippen molar-refractivity contribution in [3.8, 4) is 0 Å². The molecule has 2 aromatic rings. The third kappa shape index (κ3) is 5.61. The molecule has 2 aliphatic heterocycles. The number of nitrogens with zero attached hydrogens (tertiary/aromatic N) is 5.